The molecular formula is C25H29N3. The van der Waals surface area contributed by atoms with Gasteiger partial charge in [0.15, 0.2) is 0 Å². The lowest BCUT2D eigenvalue weighted by molar-refractivity contribution is 0.346. The summed E-state index contributed by atoms with van der Waals surface area (Å²) < 4.78 is 0. The van der Waals surface area contributed by atoms with Gasteiger partial charge in [0, 0.05) is 18.8 Å². The Balaban J connectivity index is 1.57. The van der Waals surface area contributed by atoms with Crippen LogP contribution in [-0.2, 0) is 19.3 Å². The van der Waals surface area contributed by atoms with E-state index in [0.29, 0.717) is 0 Å². The lowest BCUT2D eigenvalue weighted by atomic mass is 9.73. The molecule has 2 heterocycles. The van der Waals surface area contributed by atoms with E-state index in [1.54, 1.807) is 16.8 Å². The van der Waals surface area contributed by atoms with E-state index in [-0.39, 0.29) is 11.1 Å². The molecule has 0 bridgehead atoms. The Morgan fingerprint density at radius 1 is 1.14 bits per heavy atom. The number of rotatable bonds is 3. The predicted molar refractivity (Wildman–Crippen MR) is 114 cm³/mol. The Kier molecular flexibility index (Phi) is 5.03. The molecule has 1 aromatic rings. The zero-order valence-corrected chi connectivity index (χ0v) is 17.1. The largest absolute Gasteiger partial charge is 0.371 e. The summed E-state index contributed by atoms with van der Waals surface area (Å²) in [6.07, 6.45) is 11.1. The summed E-state index contributed by atoms with van der Waals surface area (Å²) in [4.78, 5) is 6.05. The molecule has 0 fully saturated rings. The van der Waals surface area contributed by atoms with Gasteiger partial charge < -0.3 is 4.90 Å². The van der Waals surface area contributed by atoms with Crippen LogP contribution < -0.4 is 4.90 Å². The Hall–Kier alpha value is -2.52. The fraction of sp³-hybridized carbons (Fsp3) is 0.520. The van der Waals surface area contributed by atoms with E-state index in [0.717, 1.165) is 31.3 Å². The van der Waals surface area contributed by atoms with Gasteiger partial charge in [-0.2, -0.15) is 0 Å². The molecule has 4 rings (SSSR count). The second-order valence-corrected chi connectivity index (χ2v) is 9.37. The van der Waals surface area contributed by atoms with Crippen molar-refractivity contribution in [3.63, 3.8) is 0 Å². The van der Waals surface area contributed by atoms with E-state index >= 15 is 0 Å². The molecule has 0 saturated carbocycles. The minimum absolute atomic E-state index is 0.120. The fourth-order valence-electron chi connectivity index (χ4n) is 5.35. The molecule has 3 nitrogen and oxygen atoms in total. The third kappa shape index (κ3) is 3.72. The maximum Gasteiger partial charge on any atom is 0.265 e. The van der Waals surface area contributed by atoms with Crippen LogP contribution in [0.4, 0.5) is 5.69 Å². The van der Waals surface area contributed by atoms with Crippen molar-refractivity contribution < 1.29 is 0 Å². The third-order valence-electron chi connectivity index (χ3n) is 6.40. The summed E-state index contributed by atoms with van der Waals surface area (Å²) in [5.74, 6) is 0. The first kappa shape index (κ1) is 18.8. The van der Waals surface area contributed by atoms with Gasteiger partial charge in [-0.05, 0) is 79.0 Å². The van der Waals surface area contributed by atoms with Crippen molar-refractivity contribution in [1.82, 2.24) is 0 Å². The van der Waals surface area contributed by atoms with Gasteiger partial charge >= 0.3 is 0 Å². The van der Waals surface area contributed by atoms with Crippen LogP contribution in [-0.4, -0.2) is 13.1 Å². The van der Waals surface area contributed by atoms with Crippen LogP contribution in [0.1, 0.15) is 62.6 Å². The number of hydrogen-bond donors (Lipinski definition) is 0. The topological polar surface area (TPSA) is 31.4 Å². The molecule has 3 heteroatoms. The van der Waals surface area contributed by atoms with Gasteiger partial charge in [-0.15, -0.1) is 0 Å². The lowest BCUT2D eigenvalue weighted by Gasteiger charge is -2.37. The summed E-state index contributed by atoms with van der Waals surface area (Å²) in [5, 5.41) is 9.28. The van der Waals surface area contributed by atoms with Crippen molar-refractivity contribution in [3.8, 4) is 6.07 Å². The first-order valence-electron chi connectivity index (χ1n) is 10.6. The summed E-state index contributed by atoms with van der Waals surface area (Å²) >= 11 is 0. The van der Waals surface area contributed by atoms with Crippen molar-refractivity contribution in [1.29, 1.82) is 5.26 Å². The number of aryl methyl sites for hydroxylation is 3. The Labute approximate surface area is 169 Å². The predicted octanol–water partition coefficient (Wildman–Crippen LogP) is 5.76. The minimum Gasteiger partial charge on any atom is -0.371 e. The monoisotopic (exact) mass is 371 g/mol. The molecule has 2 aliphatic heterocycles. The second-order valence-electron chi connectivity index (χ2n) is 9.37. The summed E-state index contributed by atoms with van der Waals surface area (Å²) in [7, 11) is 0. The van der Waals surface area contributed by atoms with E-state index in [1.165, 1.54) is 49.9 Å². The first-order chi connectivity index (χ1) is 13.5. The Morgan fingerprint density at radius 2 is 1.82 bits per heavy atom. The summed E-state index contributed by atoms with van der Waals surface area (Å²) in [5.41, 5.74) is 8.81. The molecule has 144 valence electrons. The van der Waals surface area contributed by atoms with Gasteiger partial charge in [0.1, 0.15) is 0 Å². The van der Waals surface area contributed by atoms with Crippen LogP contribution in [0.15, 0.2) is 35.1 Å². The maximum atomic E-state index is 9.28. The van der Waals surface area contributed by atoms with Gasteiger partial charge in [0.25, 0.3) is 5.70 Å². The Bertz CT molecular complexity index is 887. The van der Waals surface area contributed by atoms with Crippen molar-refractivity contribution in [2.75, 3.05) is 18.0 Å². The number of anilines is 1. The van der Waals surface area contributed by atoms with Crippen LogP contribution in [0, 0.1) is 23.3 Å². The molecule has 0 aromatic heterocycles. The molecular weight excluding hydrogens is 342 g/mol. The summed E-state index contributed by atoms with van der Waals surface area (Å²) in [6, 6.07) is 6.98. The van der Waals surface area contributed by atoms with Gasteiger partial charge in [-0.3, -0.25) is 0 Å². The second kappa shape index (κ2) is 7.48. The molecule has 1 aliphatic carbocycles. The van der Waals surface area contributed by atoms with Crippen molar-refractivity contribution >= 4 is 5.69 Å². The van der Waals surface area contributed by atoms with E-state index in [4.69, 9.17) is 6.57 Å². The molecule has 0 radical (unpaired) electrons. The van der Waals surface area contributed by atoms with Gasteiger partial charge in [0.05, 0.1) is 12.6 Å². The third-order valence-corrected chi connectivity index (χ3v) is 6.40. The normalized spacial score (nSPS) is 21.9. The Morgan fingerprint density at radius 3 is 2.43 bits per heavy atom. The molecule has 0 saturated heterocycles. The minimum atomic E-state index is 0.120. The van der Waals surface area contributed by atoms with Crippen LogP contribution in [0.5, 0.6) is 0 Å². The highest BCUT2D eigenvalue weighted by Crippen LogP contribution is 2.41. The zero-order valence-electron chi connectivity index (χ0n) is 17.1. The quantitative estimate of drug-likeness (QED) is 0.499. The van der Waals surface area contributed by atoms with E-state index in [9.17, 15) is 5.26 Å². The van der Waals surface area contributed by atoms with Crippen LogP contribution >= 0.6 is 0 Å². The molecule has 0 spiro atoms. The van der Waals surface area contributed by atoms with Gasteiger partial charge in [-0.25, -0.2) is 10.1 Å². The molecule has 0 amide bonds. The average molecular weight is 372 g/mol. The molecule has 0 atom stereocenters. The average Bonchev–Trinajstić information content (AvgIpc) is 2.67. The van der Waals surface area contributed by atoms with E-state index in [2.05, 4.69) is 47.9 Å². The smallest absolute Gasteiger partial charge is 0.265 e. The fourth-order valence-corrected chi connectivity index (χ4v) is 5.35. The number of nitrogens with zero attached hydrogens (tertiary/aromatic N) is 3. The zero-order chi connectivity index (χ0) is 19.7. The highest BCUT2D eigenvalue weighted by atomic mass is 15.1. The number of benzene rings is 1. The summed E-state index contributed by atoms with van der Waals surface area (Å²) in [6.45, 7) is 14.2. The highest BCUT2D eigenvalue weighted by Gasteiger charge is 2.28. The van der Waals surface area contributed by atoms with Crippen LogP contribution in [0.2, 0.25) is 0 Å². The van der Waals surface area contributed by atoms with Gasteiger partial charge in [0.2, 0.25) is 0 Å². The lowest BCUT2D eigenvalue weighted by Crippen LogP contribution is -2.34. The SMILES string of the molecule is [C-]#[N+]/C(C#N)=C1/C=C(CCc2cc3c4c(c2)CCCN4CCC3)CC(C)(C)C1. The van der Waals surface area contributed by atoms with Gasteiger partial charge in [-0.1, -0.05) is 37.6 Å². The molecule has 28 heavy (non-hydrogen) atoms. The molecule has 1 aromatic carbocycles. The maximum absolute atomic E-state index is 9.28. The van der Waals surface area contributed by atoms with Crippen molar-refractivity contribution in [2.45, 2.75) is 65.2 Å². The van der Waals surface area contributed by atoms with E-state index in [1.807, 2.05) is 0 Å². The number of nitriles is 1. The number of hydrogen-bond acceptors (Lipinski definition) is 2. The van der Waals surface area contributed by atoms with Crippen LogP contribution in [0.3, 0.4) is 0 Å². The standard InChI is InChI=1S/C25H29N3/c1-25(2)15-19(14-22(16-25)23(17-26)27-3)9-8-18-12-20-6-4-10-28-11-5-7-21(13-18)24(20)28/h12-14H,4-11,15-16H2,1-2H3/b23-22-. The molecule has 3 aliphatic rings. The molecule has 0 unspecified atom stereocenters. The van der Waals surface area contributed by atoms with Crippen molar-refractivity contribution in [3.05, 3.63) is 63.2 Å². The molecule has 0 N–H and O–H groups in total. The van der Waals surface area contributed by atoms with E-state index < -0.39 is 0 Å². The van der Waals surface area contributed by atoms with Crippen molar-refractivity contribution in [2.24, 2.45) is 5.41 Å². The van der Waals surface area contributed by atoms with Crippen LogP contribution in [0.25, 0.3) is 4.85 Å². The highest BCUT2D eigenvalue weighted by molar-refractivity contribution is 5.64. The number of allylic oxidation sites excluding steroid dienone is 4. The first-order valence-corrected chi connectivity index (χ1v) is 10.6.